The lowest BCUT2D eigenvalue weighted by atomic mass is 9.78. The van der Waals surface area contributed by atoms with Crippen LogP contribution in [0.15, 0.2) is 12.2 Å². The first-order valence-electron chi connectivity index (χ1n) is 23.7. The van der Waals surface area contributed by atoms with Crippen molar-refractivity contribution in [1.29, 1.82) is 0 Å². The number of nitrogens with one attached hydrogen (secondary N) is 2. The summed E-state index contributed by atoms with van der Waals surface area (Å²) in [5.74, 6) is 2.19. The molecule has 0 aliphatic carbocycles. The van der Waals surface area contributed by atoms with Crippen molar-refractivity contribution >= 4 is 11.8 Å². The van der Waals surface area contributed by atoms with Crippen LogP contribution in [0.5, 0.6) is 0 Å². The van der Waals surface area contributed by atoms with Crippen LogP contribution in [0.3, 0.4) is 0 Å². The molecule has 0 saturated heterocycles. The molecule has 0 rings (SSSR count). The van der Waals surface area contributed by atoms with Gasteiger partial charge in [-0.15, -0.1) is 0 Å². The molecule has 0 aromatic carbocycles. The van der Waals surface area contributed by atoms with Crippen LogP contribution in [0.1, 0.15) is 206 Å². The van der Waals surface area contributed by atoms with Crippen molar-refractivity contribution in [1.82, 2.24) is 10.6 Å². The fourth-order valence-electron chi connectivity index (χ4n) is 7.84. The van der Waals surface area contributed by atoms with Crippen molar-refractivity contribution in [3.63, 3.8) is 0 Å². The van der Waals surface area contributed by atoms with Gasteiger partial charge in [0.2, 0.25) is 11.8 Å². The topological polar surface area (TPSA) is 58.2 Å². The molecule has 0 fully saturated rings. The lowest BCUT2D eigenvalue weighted by Crippen LogP contribution is -2.37. The van der Waals surface area contributed by atoms with Crippen LogP contribution in [0.2, 0.25) is 0 Å². The lowest BCUT2D eigenvalue weighted by molar-refractivity contribution is -0.870. The number of rotatable bonds is 40. The van der Waals surface area contributed by atoms with Gasteiger partial charge in [0.1, 0.15) is 0 Å². The molecule has 0 aliphatic rings. The summed E-state index contributed by atoms with van der Waals surface area (Å²) in [5.41, 5.74) is 0. The summed E-state index contributed by atoms with van der Waals surface area (Å²) in [7, 11) is 13.2. The number of hydrogen-bond acceptors (Lipinski definition) is 2. The van der Waals surface area contributed by atoms with Crippen molar-refractivity contribution in [3.05, 3.63) is 12.2 Å². The molecule has 0 aliphatic heterocycles. The molecule has 6 heteroatoms. The van der Waals surface area contributed by atoms with Crippen molar-refractivity contribution < 1.29 is 18.6 Å². The predicted octanol–water partition coefficient (Wildman–Crippen LogP) is 12.2. The Morgan fingerprint density at radius 3 is 1.20 bits per heavy atom. The largest absolute Gasteiger partial charge is 0.356 e. The summed E-state index contributed by atoms with van der Waals surface area (Å²) in [6, 6.07) is 0. The minimum absolute atomic E-state index is 0.236. The van der Waals surface area contributed by atoms with E-state index >= 15 is 0 Å². The Bertz CT molecular complexity index is 875. The fourth-order valence-corrected chi connectivity index (χ4v) is 7.84. The molecular formula is C48H98N4O2+2. The Morgan fingerprint density at radius 1 is 0.426 bits per heavy atom. The molecular weight excluding hydrogens is 665 g/mol. The van der Waals surface area contributed by atoms with Gasteiger partial charge in [-0.2, -0.15) is 0 Å². The molecule has 6 nitrogen and oxygen atoms in total. The molecule has 0 saturated carbocycles. The average molecular weight is 763 g/mol. The first-order chi connectivity index (χ1) is 25.9. The predicted molar refractivity (Wildman–Crippen MR) is 238 cm³/mol. The van der Waals surface area contributed by atoms with Crippen molar-refractivity contribution in [2.75, 3.05) is 68.5 Å². The second-order valence-electron chi connectivity index (χ2n) is 19.0. The minimum atomic E-state index is 0.236. The molecule has 2 atom stereocenters. The van der Waals surface area contributed by atoms with Gasteiger partial charge < -0.3 is 19.6 Å². The smallest absolute Gasteiger partial charge is 0.219 e. The Hall–Kier alpha value is -1.40. The van der Waals surface area contributed by atoms with E-state index in [2.05, 4.69) is 78.9 Å². The molecule has 2 amide bonds. The number of allylic oxidation sites excluding steroid dienone is 2. The first kappa shape index (κ1) is 52.6. The van der Waals surface area contributed by atoms with E-state index in [4.69, 9.17) is 0 Å². The lowest BCUT2D eigenvalue weighted by Gasteiger charge is -2.28. The monoisotopic (exact) mass is 763 g/mol. The van der Waals surface area contributed by atoms with Crippen LogP contribution in [0.25, 0.3) is 0 Å². The molecule has 0 spiro atoms. The number of hydrogen-bond donors (Lipinski definition) is 2. The van der Waals surface area contributed by atoms with Gasteiger partial charge in [-0.05, 0) is 50.4 Å². The zero-order valence-electron chi connectivity index (χ0n) is 38.1. The molecule has 320 valence electrons. The van der Waals surface area contributed by atoms with E-state index in [0.717, 1.165) is 72.7 Å². The second-order valence-corrected chi connectivity index (χ2v) is 19.0. The quantitative estimate of drug-likeness (QED) is 0.0371. The average Bonchev–Trinajstić information content (AvgIpc) is 3.11. The van der Waals surface area contributed by atoms with Gasteiger partial charge in [-0.1, -0.05) is 154 Å². The summed E-state index contributed by atoms with van der Waals surface area (Å²) < 4.78 is 1.90. The second kappa shape index (κ2) is 36.0. The Labute approximate surface area is 339 Å². The van der Waals surface area contributed by atoms with Gasteiger partial charge in [-0.3, -0.25) is 9.59 Å². The zero-order valence-corrected chi connectivity index (χ0v) is 38.1. The third-order valence-electron chi connectivity index (χ3n) is 11.3. The van der Waals surface area contributed by atoms with E-state index in [1.54, 1.807) is 0 Å². The standard InChI is InChI=1S/C48H96N4O2/c1-9-11-13-15-17-22-28-36-46(38-30-24-20-26-32-40-48(54)50-42-34-44-52(6,7)8)45(35-27-21-16-14-12-10-2)37-29-23-18-19-25-31-39-47(53)49-41-33-43-51(3,4)5/h17,22,45-46H,9-16,18-21,23-44H2,1-8H3/p+2/b22-17-. The summed E-state index contributed by atoms with van der Waals surface area (Å²) in [5, 5.41) is 6.26. The van der Waals surface area contributed by atoms with Gasteiger partial charge in [-0.25, -0.2) is 0 Å². The van der Waals surface area contributed by atoms with Gasteiger partial charge in [0.05, 0.1) is 55.4 Å². The summed E-state index contributed by atoms with van der Waals surface area (Å²) >= 11 is 0. The van der Waals surface area contributed by atoms with Gasteiger partial charge >= 0.3 is 0 Å². The molecule has 0 aromatic rings. The van der Waals surface area contributed by atoms with Crippen molar-refractivity contribution in [2.24, 2.45) is 11.8 Å². The van der Waals surface area contributed by atoms with Crippen LogP contribution in [0.4, 0.5) is 0 Å². The minimum Gasteiger partial charge on any atom is -0.356 e. The van der Waals surface area contributed by atoms with Crippen LogP contribution in [-0.2, 0) is 9.59 Å². The highest BCUT2D eigenvalue weighted by Crippen LogP contribution is 2.33. The Morgan fingerprint density at radius 2 is 0.778 bits per heavy atom. The van der Waals surface area contributed by atoms with Crippen LogP contribution in [-0.4, -0.2) is 89.2 Å². The normalized spacial score (nSPS) is 13.4. The highest BCUT2D eigenvalue weighted by atomic mass is 16.2. The van der Waals surface area contributed by atoms with Gasteiger partial charge in [0, 0.05) is 38.8 Å². The summed E-state index contributed by atoms with van der Waals surface area (Å²) in [4.78, 5) is 24.6. The molecule has 0 bridgehead atoms. The van der Waals surface area contributed by atoms with Crippen molar-refractivity contribution in [2.45, 2.75) is 206 Å². The maximum Gasteiger partial charge on any atom is 0.219 e. The number of nitrogens with zero attached hydrogens (tertiary/aromatic N) is 2. The van der Waals surface area contributed by atoms with Crippen LogP contribution in [0, 0.1) is 11.8 Å². The summed E-state index contributed by atoms with van der Waals surface area (Å²) in [6.45, 7) is 8.41. The van der Waals surface area contributed by atoms with Crippen LogP contribution < -0.4 is 10.6 Å². The molecule has 2 N–H and O–H groups in total. The molecule has 54 heavy (non-hydrogen) atoms. The third-order valence-corrected chi connectivity index (χ3v) is 11.3. The van der Waals surface area contributed by atoms with E-state index < -0.39 is 0 Å². The van der Waals surface area contributed by atoms with E-state index in [9.17, 15) is 9.59 Å². The number of carbonyl (C=O) groups excluding carboxylic acids is 2. The number of unbranched alkanes of at least 4 members (excludes halogenated alkanes) is 17. The van der Waals surface area contributed by atoms with Gasteiger partial charge in [0.25, 0.3) is 0 Å². The molecule has 0 radical (unpaired) electrons. The fraction of sp³-hybridized carbons (Fsp3) is 0.917. The number of carbonyl (C=O) groups is 2. The van der Waals surface area contributed by atoms with E-state index in [1.807, 2.05) is 0 Å². The third kappa shape index (κ3) is 38.9. The van der Waals surface area contributed by atoms with E-state index in [1.165, 1.54) is 154 Å². The highest BCUT2D eigenvalue weighted by molar-refractivity contribution is 5.76. The van der Waals surface area contributed by atoms with Crippen molar-refractivity contribution in [3.8, 4) is 0 Å². The maximum absolute atomic E-state index is 12.3. The zero-order chi connectivity index (χ0) is 40.2. The number of amides is 2. The molecule has 0 aromatic heterocycles. The van der Waals surface area contributed by atoms with Crippen LogP contribution >= 0.6 is 0 Å². The Balaban J connectivity index is 4.82. The summed E-state index contributed by atoms with van der Waals surface area (Å²) in [6.07, 6.45) is 42.5. The SMILES string of the molecule is CCCCC/C=C\CCC(CCCCCCCC(=O)NCCC[N+](C)(C)C)C(CCCCCCCC)CCCCCCCCC(=O)NCCC[N+](C)(C)C. The number of quaternary nitrogens is 2. The molecule has 0 heterocycles. The van der Waals surface area contributed by atoms with Gasteiger partial charge in [0.15, 0.2) is 0 Å². The highest BCUT2D eigenvalue weighted by Gasteiger charge is 2.20. The van der Waals surface area contributed by atoms with E-state index in [0.29, 0.717) is 12.8 Å². The van der Waals surface area contributed by atoms with E-state index in [-0.39, 0.29) is 11.8 Å². The Kier molecular flexibility index (Phi) is 35.0. The maximum atomic E-state index is 12.3. The first-order valence-corrected chi connectivity index (χ1v) is 23.7. The molecule has 2 unspecified atom stereocenters.